The van der Waals surface area contributed by atoms with E-state index in [1.807, 2.05) is 30.7 Å². The van der Waals surface area contributed by atoms with Gasteiger partial charge in [-0.05, 0) is 37.0 Å². The molecule has 0 saturated carbocycles. The summed E-state index contributed by atoms with van der Waals surface area (Å²) in [5, 5.41) is 11.0. The number of hydrogen-bond acceptors (Lipinski definition) is 3. The minimum atomic E-state index is -4.31. The minimum Gasteiger partial charge on any atom is -0.367 e. The van der Waals surface area contributed by atoms with E-state index in [0.29, 0.717) is 24.0 Å². The number of nitrogens with one attached hydrogen (secondary N) is 2. The van der Waals surface area contributed by atoms with Crippen LogP contribution < -0.4 is 10.6 Å². The number of rotatable bonds is 9. The Hall–Kier alpha value is -1.82. The highest BCUT2D eigenvalue weighted by Gasteiger charge is 2.27. The molecule has 1 unspecified atom stereocenters. The molecule has 10 heteroatoms. The summed E-state index contributed by atoms with van der Waals surface area (Å²) in [6, 6.07) is 9.31. The van der Waals surface area contributed by atoms with E-state index >= 15 is 0 Å². The normalized spacial score (nSPS) is 12.9. The van der Waals surface area contributed by atoms with Crippen molar-refractivity contribution in [2.45, 2.75) is 46.6 Å². The van der Waals surface area contributed by atoms with E-state index in [2.05, 4.69) is 38.5 Å². The fraction of sp³-hybridized carbons (Fsp3) is 0.524. The fourth-order valence-corrected chi connectivity index (χ4v) is 2.93. The summed E-state index contributed by atoms with van der Waals surface area (Å²) in [7, 11) is 1.71. The monoisotopic (exact) mass is 553 g/mol. The van der Waals surface area contributed by atoms with Crippen molar-refractivity contribution in [3.63, 3.8) is 0 Å². The maximum atomic E-state index is 12.1. The number of alkyl halides is 3. The zero-order valence-electron chi connectivity index (χ0n) is 18.3. The Morgan fingerprint density at radius 2 is 1.81 bits per heavy atom. The summed E-state index contributed by atoms with van der Waals surface area (Å²) in [5.41, 5.74) is 3.86. The van der Waals surface area contributed by atoms with Crippen LogP contribution in [0, 0.1) is 19.8 Å². The molecule has 2 rings (SSSR count). The van der Waals surface area contributed by atoms with Crippen molar-refractivity contribution in [2.75, 3.05) is 20.2 Å². The maximum absolute atomic E-state index is 12.1. The van der Waals surface area contributed by atoms with Crippen LogP contribution in [0.15, 0.2) is 35.3 Å². The Morgan fingerprint density at radius 3 is 2.35 bits per heavy atom. The van der Waals surface area contributed by atoms with Crippen LogP contribution >= 0.6 is 24.0 Å². The van der Waals surface area contributed by atoms with Gasteiger partial charge in [0, 0.05) is 32.4 Å². The van der Waals surface area contributed by atoms with Crippen molar-refractivity contribution in [3.05, 3.63) is 52.8 Å². The number of aryl methyl sites for hydroxylation is 2. The van der Waals surface area contributed by atoms with Crippen LogP contribution in [0.2, 0.25) is 0 Å². The number of aromatic nitrogens is 2. The number of halogens is 4. The van der Waals surface area contributed by atoms with Crippen LogP contribution in [0.5, 0.6) is 0 Å². The quantitative estimate of drug-likeness (QED) is 0.278. The second-order valence-electron chi connectivity index (χ2n) is 7.45. The third-order valence-electron chi connectivity index (χ3n) is 4.45. The number of benzene rings is 1. The lowest BCUT2D eigenvalue weighted by Gasteiger charge is -2.17. The second-order valence-corrected chi connectivity index (χ2v) is 7.45. The molecule has 0 aliphatic heterocycles. The predicted octanol–water partition coefficient (Wildman–Crippen LogP) is 4.20. The van der Waals surface area contributed by atoms with Crippen molar-refractivity contribution < 1.29 is 17.9 Å². The molecule has 0 aliphatic rings. The highest BCUT2D eigenvalue weighted by atomic mass is 127. The maximum Gasteiger partial charge on any atom is 0.411 e. The van der Waals surface area contributed by atoms with Crippen molar-refractivity contribution in [1.82, 2.24) is 20.4 Å². The SMILES string of the molecule is CN=C(NCc1ccc(COCC(F)(F)F)cc1)NCC(C)Cn1nc(C)cc1C.I. The molecule has 0 bridgehead atoms. The van der Waals surface area contributed by atoms with Crippen LogP contribution in [0.25, 0.3) is 0 Å². The van der Waals surface area contributed by atoms with Crippen LogP contribution in [-0.4, -0.2) is 42.1 Å². The Labute approximate surface area is 198 Å². The summed E-state index contributed by atoms with van der Waals surface area (Å²) in [5.74, 6) is 1.05. The van der Waals surface area contributed by atoms with Gasteiger partial charge in [0.25, 0.3) is 0 Å². The third-order valence-corrected chi connectivity index (χ3v) is 4.45. The standard InChI is InChI=1S/C21H30F3N5O.HI/c1-15(12-29-17(3)9-16(2)28-29)10-26-20(25-4)27-11-18-5-7-19(8-6-18)13-30-14-21(22,23)24;/h5-9,15H,10-14H2,1-4H3,(H2,25,26,27);1H. The van der Waals surface area contributed by atoms with Crippen LogP contribution in [0.4, 0.5) is 13.2 Å². The Bertz CT molecular complexity index is 821. The van der Waals surface area contributed by atoms with Gasteiger partial charge >= 0.3 is 6.18 Å². The van der Waals surface area contributed by atoms with Gasteiger partial charge in [-0.25, -0.2) is 0 Å². The highest BCUT2D eigenvalue weighted by Crippen LogP contribution is 2.16. The molecule has 0 radical (unpaired) electrons. The first-order valence-corrected chi connectivity index (χ1v) is 9.84. The van der Waals surface area contributed by atoms with Gasteiger partial charge in [0.05, 0.1) is 12.3 Å². The van der Waals surface area contributed by atoms with Gasteiger partial charge in [0.15, 0.2) is 5.96 Å². The van der Waals surface area contributed by atoms with E-state index in [0.717, 1.165) is 30.0 Å². The van der Waals surface area contributed by atoms with Gasteiger partial charge in [-0.15, -0.1) is 24.0 Å². The van der Waals surface area contributed by atoms with E-state index in [1.54, 1.807) is 19.2 Å². The average molecular weight is 553 g/mol. The smallest absolute Gasteiger partial charge is 0.367 e. The molecule has 174 valence electrons. The molecule has 1 heterocycles. The van der Waals surface area contributed by atoms with Crippen LogP contribution in [-0.2, 0) is 24.4 Å². The number of aliphatic imine (C=N–C) groups is 1. The van der Waals surface area contributed by atoms with Crippen molar-refractivity contribution in [2.24, 2.45) is 10.9 Å². The van der Waals surface area contributed by atoms with Gasteiger partial charge in [0.2, 0.25) is 0 Å². The molecular formula is C21H31F3IN5O. The van der Waals surface area contributed by atoms with Gasteiger partial charge in [0.1, 0.15) is 6.61 Å². The molecule has 6 nitrogen and oxygen atoms in total. The Balaban J connectivity index is 0.00000480. The number of guanidine groups is 1. The zero-order valence-corrected chi connectivity index (χ0v) is 20.6. The summed E-state index contributed by atoms with van der Waals surface area (Å²) in [6.45, 7) is 7.00. The molecule has 1 atom stereocenters. The minimum absolute atomic E-state index is 0. The van der Waals surface area contributed by atoms with Gasteiger partial charge in [-0.2, -0.15) is 18.3 Å². The van der Waals surface area contributed by atoms with E-state index in [-0.39, 0.29) is 30.6 Å². The first-order chi connectivity index (χ1) is 14.2. The first-order valence-electron chi connectivity index (χ1n) is 9.84. The lowest BCUT2D eigenvalue weighted by molar-refractivity contribution is -0.176. The summed E-state index contributed by atoms with van der Waals surface area (Å²) in [6.07, 6.45) is -4.31. The number of hydrogen-bond donors (Lipinski definition) is 2. The average Bonchev–Trinajstić information content (AvgIpc) is 2.98. The number of ether oxygens (including phenoxy) is 1. The van der Waals surface area contributed by atoms with E-state index in [1.165, 1.54) is 0 Å². The summed E-state index contributed by atoms with van der Waals surface area (Å²) < 4.78 is 43.0. The van der Waals surface area contributed by atoms with E-state index < -0.39 is 12.8 Å². The molecule has 0 aliphatic carbocycles. The lowest BCUT2D eigenvalue weighted by Crippen LogP contribution is -2.39. The zero-order chi connectivity index (χ0) is 22.1. The Morgan fingerprint density at radius 1 is 1.16 bits per heavy atom. The molecule has 31 heavy (non-hydrogen) atoms. The molecule has 0 saturated heterocycles. The molecular weight excluding hydrogens is 522 g/mol. The topological polar surface area (TPSA) is 63.5 Å². The summed E-state index contributed by atoms with van der Waals surface area (Å²) in [4.78, 5) is 4.23. The van der Waals surface area contributed by atoms with Crippen molar-refractivity contribution in [1.29, 1.82) is 0 Å². The molecule has 2 aromatic rings. The first kappa shape index (κ1) is 27.2. The van der Waals surface area contributed by atoms with Crippen molar-refractivity contribution >= 4 is 29.9 Å². The molecule has 0 fully saturated rings. The molecule has 1 aromatic carbocycles. The lowest BCUT2D eigenvalue weighted by atomic mass is 10.1. The summed E-state index contributed by atoms with van der Waals surface area (Å²) >= 11 is 0. The predicted molar refractivity (Wildman–Crippen MR) is 127 cm³/mol. The number of nitrogens with zero attached hydrogens (tertiary/aromatic N) is 3. The van der Waals surface area contributed by atoms with Gasteiger partial charge in [-0.3, -0.25) is 9.67 Å². The second kappa shape index (κ2) is 12.9. The molecule has 2 N–H and O–H groups in total. The molecule has 0 amide bonds. The molecule has 1 aromatic heterocycles. The third kappa shape index (κ3) is 10.4. The van der Waals surface area contributed by atoms with E-state index in [9.17, 15) is 13.2 Å². The van der Waals surface area contributed by atoms with Crippen molar-refractivity contribution in [3.8, 4) is 0 Å². The van der Waals surface area contributed by atoms with Crippen LogP contribution in [0.3, 0.4) is 0 Å². The largest absolute Gasteiger partial charge is 0.411 e. The highest BCUT2D eigenvalue weighted by molar-refractivity contribution is 14.0. The van der Waals surface area contributed by atoms with Gasteiger partial charge in [-0.1, -0.05) is 31.2 Å². The Kier molecular flexibility index (Phi) is 11.3. The van der Waals surface area contributed by atoms with E-state index in [4.69, 9.17) is 0 Å². The fourth-order valence-electron chi connectivity index (χ4n) is 2.93. The molecule has 0 spiro atoms. The van der Waals surface area contributed by atoms with Gasteiger partial charge < -0.3 is 15.4 Å². The van der Waals surface area contributed by atoms with Crippen LogP contribution in [0.1, 0.15) is 29.4 Å².